The fourth-order valence-corrected chi connectivity index (χ4v) is 1.59. The minimum Gasteiger partial charge on any atom is -0.493 e. The molecular formula is C13H17NO5. The van der Waals surface area contributed by atoms with Crippen LogP contribution in [0.2, 0.25) is 0 Å². The summed E-state index contributed by atoms with van der Waals surface area (Å²) in [6, 6.07) is 1.74. The largest absolute Gasteiger partial charge is 0.493 e. The van der Waals surface area contributed by atoms with Gasteiger partial charge in [0, 0.05) is 5.56 Å². The molecule has 0 radical (unpaired) electrons. The molecule has 6 heteroatoms. The third-order valence-corrected chi connectivity index (χ3v) is 2.67. The van der Waals surface area contributed by atoms with E-state index in [2.05, 4.69) is 0 Å². The summed E-state index contributed by atoms with van der Waals surface area (Å²) in [5.41, 5.74) is 5.77. The van der Waals surface area contributed by atoms with Gasteiger partial charge in [-0.15, -0.1) is 0 Å². The Morgan fingerprint density at radius 1 is 1.05 bits per heavy atom. The number of methoxy groups -OCH3 is 3. The molecule has 0 spiro atoms. The zero-order valence-corrected chi connectivity index (χ0v) is 11.4. The molecule has 0 aliphatic heterocycles. The normalized spacial score (nSPS) is 11.6. The summed E-state index contributed by atoms with van der Waals surface area (Å²) in [5, 5.41) is 0. The van der Waals surface area contributed by atoms with Crippen molar-refractivity contribution in [2.75, 3.05) is 21.3 Å². The van der Waals surface area contributed by atoms with Gasteiger partial charge in [-0.05, 0) is 19.1 Å². The van der Waals surface area contributed by atoms with E-state index in [0.717, 1.165) is 0 Å². The number of hydrogen-bond donors (Lipinski definition) is 1. The molecule has 0 aliphatic rings. The van der Waals surface area contributed by atoms with Crippen LogP contribution in [0, 0.1) is 0 Å². The number of ether oxygens (including phenoxy) is 3. The highest BCUT2D eigenvalue weighted by atomic mass is 16.5. The lowest BCUT2D eigenvalue weighted by atomic mass is 10.0. The van der Waals surface area contributed by atoms with Crippen LogP contribution in [0.1, 0.15) is 17.3 Å². The number of benzene rings is 1. The molecule has 1 unspecified atom stereocenters. The molecule has 0 amide bonds. The second kappa shape index (κ2) is 6.19. The Labute approximate surface area is 111 Å². The Bertz CT molecular complexity index is 473. The summed E-state index contributed by atoms with van der Waals surface area (Å²) in [7, 11) is 4.34. The van der Waals surface area contributed by atoms with Crippen LogP contribution in [0.3, 0.4) is 0 Å². The highest BCUT2D eigenvalue weighted by molar-refractivity contribution is 6.13. The fourth-order valence-electron chi connectivity index (χ4n) is 1.59. The summed E-state index contributed by atoms with van der Waals surface area (Å²) in [6.45, 7) is 1.26. The molecule has 0 aromatic heterocycles. The van der Waals surface area contributed by atoms with Crippen LogP contribution >= 0.6 is 0 Å². The molecule has 2 N–H and O–H groups in total. The second-order valence-corrected chi connectivity index (χ2v) is 3.87. The topological polar surface area (TPSA) is 87.9 Å². The Morgan fingerprint density at radius 3 is 1.84 bits per heavy atom. The molecule has 0 heterocycles. The van der Waals surface area contributed by atoms with Crippen molar-refractivity contribution in [2.45, 2.75) is 13.0 Å². The maximum Gasteiger partial charge on any atom is 0.203 e. The average molecular weight is 267 g/mol. The summed E-state index contributed by atoms with van der Waals surface area (Å²) >= 11 is 0. The molecule has 0 fully saturated rings. The predicted octanol–water partition coefficient (Wildman–Crippen LogP) is 0.811. The van der Waals surface area contributed by atoms with Crippen LogP contribution in [0.4, 0.5) is 0 Å². The van der Waals surface area contributed by atoms with Crippen LogP contribution < -0.4 is 19.9 Å². The van der Waals surface area contributed by atoms with E-state index < -0.39 is 17.6 Å². The van der Waals surface area contributed by atoms with Crippen LogP contribution in [0.25, 0.3) is 0 Å². The molecule has 1 aromatic rings. The van der Waals surface area contributed by atoms with Crippen LogP contribution in [-0.2, 0) is 4.79 Å². The molecular weight excluding hydrogens is 250 g/mol. The van der Waals surface area contributed by atoms with E-state index in [4.69, 9.17) is 19.9 Å². The van der Waals surface area contributed by atoms with Gasteiger partial charge in [0.25, 0.3) is 0 Å². The maximum absolute atomic E-state index is 12.0. The Balaban J connectivity index is 3.30. The summed E-state index contributed by atoms with van der Waals surface area (Å²) in [5.74, 6) is 0.144. The molecule has 6 nitrogen and oxygen atoms in total. The van der Waals surface area contributed by atoms with Gasteiger partial charge in [-0.1, -0.05) is 0 Å². The molecule has 104 valence electrons. The van der Waals surface area contributed by atoms with Crippen LogP contribution in [0.5, 0.6) is 17.2 Å². The number of carbonyl (C=O) groups excluding carboxylic acids is 2. The molecule has 0 saturated carbocycles. The number of ketones is 2. The van der Waals surface area contributed by atoms with Crippen molar-refractivity contribution < 1.29 is 23.8 Å². The van der Waals surface area contributed by atoms with E-state index in [9.17, 15) is 9.59 Å². The minimum absolute atomic E-state index is 0.234. The molecule has 1 rings (SSSR count). The predicted molar refractivity (Wildman–Crippen MR) is 69.1 cm³/mol. The number of hydrogen-bond acceptors (Lipinski definition) is 6. The summed E-state index contributed by atoms with van der Waals surface area (Å²) < 4.78 is 15.4. The molecule has 1 aromatic carbocycles. The van der Waals surface area contributed by atoms with Gasteiger partial charge in [0.05, 0.1) is 21.3 Å². The lowest BCUT2D eigenvalue weighted by molar-refractivity contribution is -0.117. The third-order valence-electron chi connectivity index (χ3n) is 2.67. The quantitative estimate of drug-likeness (QED) is 0.606. The van der Waals surface area contributed by atoms with Gasteiger partial charge in [0.1, 0.15) is 6.04 Å². The van der Waals surface area contributed by atoms with Crippen LogP contribution in [-0.4, -0.2) is 38.9 Å². The average Bonchev–Trinajstić information content (AvgIpc) is 2.43. The summed E-state index contributed by atoms with van der Waals surface area (Å²) in [4.78, 5) is 23.2. The van der Waals surface area contributed by atoms with Crippen molar-refractivity contribution >= 4 is 11.6 Å². The van der Waals surface area contributed by atoms with Crippen molar-refractivity contribution in [1.29, 1.82) is 0 Å². The van der Waals surface area contributed by atoms with Gasteiger partial charge < -0.3 is 19.9 Å². The SMILES string of the molecule is COc1cc(C(=O)C(N)C(C)=O)cc(OC)c1OC. The zero-order valence-electron chi connectivity index (χ0n) is 11.4. The van der Waals surface area contributed by atoms with E-state index in [1.54, 1.807) is 0 Å². The first-order valence-corrected chi connectivity index (χ1v) is 5.56. The van der Waals surface area contributed by atoms with Gasteiger partial charge >= 0.3 is 0 Å². The van der Waals surface area contributed by atoms with Gasteiger partial charge in [0.15, 0.2) is 23.1 Å². The van der Waals surface area contributed by atoms with E-state index in [-0.39, 0.29) is 5.56 Å². The van der Waals surface area contributed by atoms with Gasteiger partial charge in [-0.2, -0.15) is 0 Å². The van der Waals surface area contributed by atoms with E-state index in [1.165, 1.54) is 40.4 Å². The molecule has 19 heavy (non-hydrogen) atoms. The Kier molecular flexibility index (Phi) is 4.88. The minimum atomic E-state index is -1.19. The number of nitrogens with two attached hydrogens (primary N) is 1. The first-order chi connectivity index (χ1) is 8.96. The highest BCUT2D eigenvalue weighted by Crippen LogP contribution is 2.38. The molecule has 0 aliphatic carbocycles. The molecule has 0 bridgehead atoms. The van der Waals surface area contributed by atoms with Crippen molar-refractivity contribution in [1.82, 2.24) is 0 Å². The van der Waals surface area contributed by atoms with Crippen molar-refractivity contribution in [2.24, 2.45) is 5.73 Å². The van der Waals surface area contributed by atoms with Crippen LogP contribution in [0.15, 0.2) is 12.1 Å². The van der Waals surface area contributed by atoms with Gasteiger partial charge in [0.2, 0.25) is 5.75 Å². The Hall–Kier alpha value is -2.08. The highest BCUT2D eigenvalue weighted by Gasteiger charge is 2.23. The first-order valence-electron chi connectivity index (χ1n) is 5.56. The molecule has 0 saturated heterocycles. The van der Waals surface area contributed by atoms with Crippen molar-refractivity contribution in [3.63, 3.8) is 0 Å². The maximum atomic E-state index is 12.0. The standard InChI is InChI=1S/C13H17NO5/c1-7(15)11(14)12(16)8-5-9(17-2)13(19-4)10(6-8)18-3/h5-6,11H,14H2,1-4H3. The van der Waals surface area contributed by atoms with Crippen molar-refractivity contribution in [3.05, 3.63) is 17.7 Å². The monoisotopic (exact) mass is 267 g/mol. The lowest BCUT2D eigenvalue weighted by Gasteiger charge is -2.14. The number of rotatable bonds is 6. The van der Waals surface area contributed by atoms with E-state index >= 15 is 0 Å². The first kappa shape index (κ1) is 15.0. The number of Topliss-reactive ketones (excluding diaryl/α,β-unsaturated/α-hetero) is 2. The van der Waals surface area contributed by atoms with Crippen molar-refractivity contribution in [3.8, 4) is 17.2 Å². The van der Waals surface area contributed by atoms with E-state index in [0.29, 0.717) is 17.2 Å². The van der Waals surface area contributed by atoms with Gasteiger partial charge in [-0.3, -0.25) is 9.59 Å². The Morgan fingerprint density at radius 2 is 1.53 bits per heavy atom. The fraction of sp³-hybridized carbons (Fsp3) is 0.385. The lowest BCUT2D eigenvalue weighted by Crippen LogP contribution is -2.37. The third kappa shape index (κ3) is 3.03. The summed E-state index contributed by atoms with van der Waals surface area (Å²) in [6.07, 6.45) is 0. The smallest absolute Gasteiger partial charge is 0.203 e. The number of carbonyl (C=O) groups is 2. The van der Waals surface area contributed by atoms with Gasteiger partial charge in [-0.25, -0.2) is 0 Å². The van der Waals surface area contributed by atoms with E-state index in [1.807, 2.05) is 0 Å². The zero-order chi connectivity index (χ0) is 14.6. The second-order valence-electron chi connectivity index (χ2n) is 3.87. The molecule has 1 atom stereocenters.